The quantitative estimate of drug-likeness (QED) is 0.869. The predicted octanol–water partition coefficient (Wildman–Crippen LogP) is 1.44. The second-order valence-corrected chi connectivity index (χ2v) is 8.96. The van der Waals surface area contributed by atoms with Gasteiger partial charge >= 0.3 is 0 Å². The Kier molecular flexibility index (Phi) is 3.92. The van der Waals surface area contributed by atoms with Gasteiger partial charge in [-0.3, -0.25) is 14.3 Å². The van der Waals surface area contributed by atoms with Gasteiger partial charge in [0.25, 0.3) is 5.91 Å². The molecule has 1 aliphatic heterocycles. The summed E-state index contributed by atoms with van der Waals surface area (Å²) < 4.78 is 24.6. The van der Waals surface area contributed by atoms with E-state index in [1.54, 1.807) is 19.1 Å². The van der Waals surface area contributed by atoms with Crippen LogP contribution in [0.15, 0.2) is 24.3 Å². The highest BCUT2D eigenvalue weighted by Crippen LogP contribution is 2.52. The molecule has 1 unspecified atom stereocenters. The van der Waals surface area contributed by atoms with Crippen LogP contribution < -0.4 is 4.72 Å². The second kappa shape index (κ2) is 5.46. The van der Waals surface area contributed by atoms with Gasteiger partial charge in [0.05, 0.1) is 11.7 Å². The summed E-state index contributed by atoms with van der Waals surface area (Å²) in [7, 11) is -3.66. The van der Waals surface area contributed by atoms with Crippen LogP contribution in [-0.4, -0.2) is 43.5 Å². The van der Waals surface area contributed by atoms with E-state index in [1.807, 2.05) is 16.9 Å². The molecule has 2 fully saturated rings. The monoisotopic (exact) mass is 370 g/mol. The first-order valence-corrected chi connectivity index (χ1v) is 9.96. The van der Waals surface area contributed by atoms with Crippen LogP contribution in [0.2, 0.25) is 5.02 Å². The third-order valence-corrected chi connectivity index (χ3v) is 5.79. The largest absolute Gasteiger partial charge is 0.327 e. The summed E-state index contributed by atoms with van der Waals surface area (Å²) in [6, 6.07) is 7.16. The number of rotatable bonds is 4. The van der Waals surface area contributed by atoms with Gasteiger partial charge in [-0.1, -0.05) is 23.7 Å². The van der Waals surface area contributed by atoms with Crippen molar-refractivity contribution in [2.75, 3.05) is 12.8 Å². The van der Waals surface area contributed by atoms with Gasteiger partial charge in [0.15, 0.2) is 0 Å². The topological polar surface area (TPSA) is 83.6 Å². The summed E-state index contributed by atoms with van der Waals surface area (Å²) >= 11 is 5.91. The number of sulfonamides is 1. The van der Waals surface area contributed by atoms with Gasteiger partial charge in [-0.05, 0) is 43.9 Å². The number of amides is 2. The van der Waals surface area contributed by atoms with Gasteiger partial charge in [0.2, 0.25) is 15.9 Å². The number of likely N-dealkylation sites (tertiary alicyclic amines) is 1. The smallest absolute Gasteiger partial charge is 0.259 e. The van der Waals surface area contributed by atoms with Gasteiger partial charge in [-0.15, -0.1) is 0 Å². The maximum atomic E-state index is 13.0. The molecule has 1 saturated carbocycles. The highest BCUT2D eigenvalue weighted by atomic mass is 35.5. The average Bonchev–Trinajstić information content (AvgIpc) is 3.25. The van der Waals surface area contributed by atoms with Gasteiger partial charge in [-0.25, -0.2) is 8.42 Å². The van der Waals surface area contributed by atoms with E-state index >= 15 is 0 Å². The molecule has 0 bridgehead atoms. The zero-order chi connectivity index (χ0) is 17.8. The lowest BCUT2D eigenvalue weighted by Crippen LogP contribution is -2.69. The molecule has 0 spiro atoms. The number of carbonyl (C=O) groups is 2. The predicted molar refractivity (Wildman–Crippen MR) is 90.1 cm³/mol. The molecular weight excluding hydrogens is 352 g/mol. The fraction of sp³-hybridized carbons (Fsp3) is 0.500. The molecule has 1 aliphatic carbocycles. The van der Waals surface area contributed by atoms with E-state index in [1.165, 1.54) is 4.90 Å². The summed E-state index contributed by atoms with van der Waals surface area (Å²) in [4.78, 5) is 26.8. The Labute approximate surface area is 146 Å². The van der Waals surface area contributed by atoms with Crippen molar-refractivity contribution >= 4 is 33.4 Å². The molecule has 130 valence electrons. The van der Waals surface area contributed by atoms with Crippen molar-refractivity contribution in [2.24, 2.45) is 0 Å². The van der Waals surface area contributed by atoms with Gasteiger partial charge < -0.3 is 4.90 Å². The number of benzene rings is 1. The summed E-state index contributed by atoms with van der Waals surface area (Å²) in [6.45, 7) is 2.05. The van der Waals surface area contributed by atoms with Gasteiger partial charge in [0.1, 0.15) is 5.54 Å². The molecular formula is C16H19ClN2O4S. The van der Waals surface area contributed by atoms with E-state index in [2.05, 4.69) is 0 Å². The van der Waals surface area contributed by atoms with Crippen LogP contribution in [0.3, 0.4) is 0 Å². The molecule has 1 aromatic rings. The molecule has 3 rings (SSSR count). The zero-order valence-corrected chi connectivity index (χ0v) is 15.1. The Morgan fingerprint density at radius 1 is 1.17 bits per heavy atom. The Balaban J connectivity index is 1.83. The first-order valence-electron chi connectivity index (χ1n) is 7.69. The maximum Gasteiger partial charge on any atom is 0.259 e. The van der Waals surface area contributed by atoms with Crippen molar-refractivity contribution in [3.05, 3.63) is 34.9 Å². The molecule has 1 aromatic carbocycles. The normalized spacial score (nSPS) is 24.9. The number of nitrogens with one attached hydrogen (secondary N) is 1. The van der Waals surface area contributed by atoms with Crippen LogP contribution in [0.25, 0.3) is 0 Å². The Morgan fingerprint density at radius 2 is 1.75 bits per heavy atom. The van der Waals surface area contributed by atoms with Crippen LogP contribution >= 0.6 is 11.6 Å². The van der Waals surface area contributed by atoms with Crippen LogP contribution in [0, 0.1) is 0 Å². The number of hydrogen-bond donors (Lipinski definition) is 1. The zero-order valence-electron chi connectivity index (χ0n) is 13.5. The van der Waals surface area contributed by atoms with Crippen LogP contribution in [-0.2, 0) is 25.0 Å². The van der Waals surface area contributed by atoms with Crippen LogP contribution in [0.4, 0.5) is 0 Å². The molecule has 24 heavy (non-hydrogen) atoms. The van der Waals surface area contributed by atoms with E-state index in [4.69, 9.17) is 11.6 Å². The lowest BCUT2D eigenvalue weighted by atomic mass is 9.82. The molecule has 2 amide bonds. The first kappa shape index (κ1) is 17.2. The van der Waals surface area contributed by atoms with E-state index in [-0.39, 0.29) is 5.91 Å². The van der Waals surface area contributed by atoms with Gasteiger partial charge in [0, 0.05) is 11.6 Å². The molecule has 0 radical (unpaired) electrons. The van der Waals surface area contributed by atoms with E-state index in [0.29, 0.717) is 30.8 Å². The van der Waals surface area contributed by atoms with E-state index in [9.17, 15) is 18.0 Å². The number of halogens is 1. The molecule has 8 heteroatoms. The second-order valence-electron chi connectivity index (χ2n) is 6.77. The van der Waals surface area contributed by atoms with Crippen molar-refractivity contribution in [1.29, 1.82) is 0 Å². The lowest BCUT2D eigenvalue weighted by molar-refractivity contribution is -0.158. The summed E-state index contributed by atoms with van der Waals surface area (Å²) in [6.07, 6.45) is 2.80. The molecule has 1 heterocycles. The van der Waals surface area contributed by atoms with Crippen LogP contribution in [0.1, 0.15) is 31.7 Å². The third kappa shape index (κ3) is 2.80. The minimum Gasteiger partial charge on any atom is -0.327 e. The SMILES string of the molecule is CC1(C(=O)NS(C)(=O)=O)CCN1C(=O)C1(c2ccc(Cl)cc2)CC1. The minimum atomic E-state index is -3.66. The van der Waals surface area contributed by atoms with Gasteiger partial charge in [-0.2, -0.15) is 0 Å². The standard InChI is InChI=1S/C16H19ClN2O4S/c1-15(13(20)18-24(2,22)23)9-10-19(15)14(21)16(7-8-16)11-3-5-12(17)6-4-11/h3-6H,7-10H2,1-2H3,(H,18,20). The molecule has 0 aromatic heterocycles. The van der Waals surface area contributed by atoms with E-state index < -0.39 is 26.9 Å². The third-order valence-electron chi connectivity index (χ3n) is 4.99. The highest BCUT2D eigenvalue weighted by Gasteiger charge is 2.59. The van der Waals surface area contributed by atoms with Crippen LogP contribution in [0.5, 0.6) is 0 Å². The number of hydrogen-bond acceptors (Lipinski definition) is 4. The van der Waals surface area contributed by atoms with Crippen molar-refractivity contribution in [2.45, 2.75) is 37.1 Å². The average molecular weight is 371 g/mol. The first-order chi connectivity index (χ1) is 11.1. The fourth-order valence-electron chi connectivity index (χ4n) is 3.18. The highest BCUT2D eigenvalue weighted by molar-refractivity contribution is 7.89. The number of nitrogens with zero attached hydrogens (tertiary/aromatic N) is 1. The molecule has 1 atom stereocenters. The molecule has 1 N–H and O–H groups in total. The van der Waals surface area contributed by atoms with Crippen molar-refractivity contribution in [3.63, 3.8) is 0 Å². The fourth-order valence-corrected chi connectivity index (χ4v) is 3.86. The Bertz CT molecular complexity index is 802. The summed E-state index contributed by atoms with van der Waals surface area (Å²) in [5.74, 6) is -0.779. The molecule has 1 saturated heterocycles. The molecule has 2 aliphatic rings. The summed E-state index contributed by atoms with van der Waals surface area (Å²) in [5, 5.41) is 0.600. The Morgan fingerprint density at radius 3 is 2.17 bits per heavy atom. The minimum absolute atomic E-state index is 0.123. The number of carbonyl (C=O) groups excluding carboxylic acids is 2. The maximum absolute atomic E-state index is 13.0. The lowest BCUT2D eigenvalue weighted by Gasteiger charge is -2.50. The van der Waals surface area contributed by atoms with E-state index in [0.717, 1.165) is 11.8 Å². The summed E-state index contributed by atoms with van der Waals surface area (Å²) in [5.41, 5.74) is -0.852. The van der Waals surface area contributed by atoms with Crippen molar-refractivity contribution in [3.8, 4) is 0 Å². The Hall–Kier alpha value is -1.60. The molecule has 6 nitrogen and oxygen atoms in total. The van der Waals surface area contributed by atoms with Crippen molar-refractivity contribution in [1.82, 2.24) is 9.62 Å². The van der Waals surface area contributed by atoms with Crippen molar-refractivity contribution < 1.29 is 18.0 Å².